The fourth-order valence-electron chi connectivity index (χ4n) is 1.84. The predicted molar refractivity (Wildman–Crippen MR) is 75.6 cm³/mol. The second kappa shape index (κ2) is 5.96. The van der Waals surface area contributed by atoms with E-state index >= 15 is 0 Å². The summed E-state index contributed by atoms with van der Waals surface area (Å²) in [6.45, 7) is 3.55. The molecule has 1 aromatic rings. The van der Waals surface area contributed by atoms with Crippen LogP contribution >= 0.6 is 0 Å². The van der Waals surface area contributed by atoms with E-state index in [1.807, 2.05) is 6.07 Å². The number of allylic oxidation sites excluding steroid dienone is 4. The minimum Gasteiger partial charge on any atom is -0.274 e. The zero-order valence-electron chi connectivity index (χ0n) is 10.6. The summed E-state index contributed by atoms with van der Waals surface area (Å²) in [5, 5.41) is 0. The number of anilines is 1. The maximum absolute atomic E-state index is 11.5. The number of hydrogen-bond donors (Lipinski definition) is 0. The molecule has 1 aliphatic heterocycles. The van der Waals surface area contributed by atoms with Crippen LogP contribution in [-0.4, -0.2) is 11.8 Å². The van der Waals surface area contributed by atoms with Gasteiger partial charge in [-0.05, 0) is 18.6 Å². The van der Waals surface area contributed by atoms with Gasteiger partial charge in [0.05, 0.1) is 12.1 Å². The summed E-state index contributed by atoms with van der Waals surface area (Å²) < 4.78 is 0. The van der Waals surface area contributed by atoms with Crippen LogP contribution < -0.4 is 4.90 Å². The van der Waals surface area contributed by atoms with Crippen molar-refractivity contribution in [1.82, 2.24) is 0 Å². The van der Waals surface area contributed by atoms with E-state index in [0.29, 0.717) is 11.3 Å². The molecule has 2 aliphatic rings. The molecule has 1 aliphatic carbocycles. The summed E-state index contributed by atoms with van der Waals surface area (Å²) in [6.07, 6.45) is 9.63. The van der Waals surface area contributed by atoms with E-state index in [1.165, 1.54) is 4.90 Å². The maximum Gasteiger partial charge on any atom is 0.260 e. The highest BCUT2D eigenvalue weighted by Gasteiger charge is 2.33. The van der Waals surface area contributed by atoms with E-state index in [1.54, 1.807) is 24.3 Å². The number of amides is 2. The molecule has 2 amide bonds. The normalized spacial score (nSPS) is 16.8. The molecule has 0 N–H and O–H groups in total. The van der Waals surface area contributed by atoms with Crippen LogP contribution in [0.15, 0.2) is 66.8 Å². The second-order valence-electron chi connectivity index (χ2n) is 4.24. The largest absolute Gasteiger partial charge is 0.274 e. The molecule has 0 unspecified atom stereocenters. The monoisotopic (exact) mass is 253 g/mol. The van der Waals surface area contributed by atoms with Crippen LogP contribution in [0.3, 0.4) is 0 Å². The Bertz CT molecular complexity index is 545. The maximum atomic E-state index is 11.5. The number of carbonyl (C=O) groups excluding carboxylic acids is 2. The van der Waals surface area contributed by atoms with E-state index in [0.717, 1.165) is 6.42 Å². The van der Waals surface area contributed by atoms with Crippen molar-refractivity contribution in [2.45, 2.75) is 12.8 Å². The first-order valence-electron chi connectivity index (χ1n) is 6.12. The molecule has 3 nitrogen and oxygen atoms in total. The van der Waals surface area contributed by atoms with E-state index in [-0.39, 0.29) is 18.2 Å². The van der Waals surface area contributed by atoms with Crippen molar-refractivity contribution in [1.29, 1.82) is 0 Å². The van der Waals surface area contributed by atoms with Crippen LogP contribution in [-0.2, 0) is 9.59 Å². The highest BCUT2D eigenvalue weighted by molar-refractivity contribution is 6.27. The van der Waals surface area contributed by atoms with Crippen LogP contribution in [0.25, 0.3) is 0 Å². The van der Waals surface area contributed by atoms with E-state index < -0.39 is 0 Å². The lowest BCUT2D eigenvalue weighted by atomic mass is 10.3. The molecule has 0 radical (unpaired) electrons. The van der Waals surface area contributed by atoms with Crippen LogP contribution in [0.1, 0.15) is 12.8 Å². The zero-order chi connectivity index (χ0) is 13.7. The average molecular weight is 253 g/mol. The van der Waals surface area contributed by atoms with Crippen molar-refractivity contribution in [3.8, 4) is 0 Å². The first-order chi connectivity index (χ1) is 9.20. The first-order valence-corrected chi connectivity index (χ1v) is 6.12. The number of benzene rings is 1. The van der Waals surface area contributed by atoms with Crippen molar-refractivity contribution in [2.75, 3.05) is 4.90 Å². The van der Waals surface area contributed by atoms with Gasteiger partial charge in [0.1, 0.15) is 0 Å². The number of rotatable bonds is 1. The molecule has 0 saturated carbocycles. The zero-order valence-corrected chi connectivity index (χ0v) is 10.6. The summed E-state index contributed by atoms with van der Waals surface area (Å²) in [4.78, 5) is 24.1. The molecule has 0 bridgehead atoms. The standard InChI is InChI=1S/C11H9NO2.C5H6/c1-8-7-10(13)12(11(8)14)9-5-3-2-4-6-9;1-2-4-5-3-1/h2-6H,1,7H2;1-4H,5H2. The molecule has 1 aromatic carbocycles. The van der Waals surface area contributed by atoms with Gasteiger partial charge in [-0.1, -0.05) is 49.1 Å². The van der Waals surface area contributed by atoms with Gasteiger partial charge in [0, 0.05) is 5.57 Å². The molecule has 96 valence electrons. The lowest BCUT2D eigenvalue weighted by molar-refractivity contribution is -0.120. The molecule has 1 saturated heterocycles. The smallest absolute Gasteiger partial charge is 0.260 e. The minimum atomic E-state index is -0.291. The van der Waals surface area contributed by atoms with E-state index in [9.17, 15) is 9.59 Å². The van der Waals surface area contributed by atoms with Crippen molar-refractivity contribution < 1.29 is 9.59 Å². The second-order valence-corrected chi connectivity index (χ2v) is 4.24. The van der Waals surface area contributed by atoms with Crippen LogP contribution in [0.5, 0.6) is 0 Å². The van der Waals surface area contributed by atoms with Crippen LogP contribution in [0.4, 0.5) is 5.69 Å². The molecule has 3 heteroatoms. The van der Waals surface area contributed by atoms with Gasteiger partial charge in [-0.2, -0.15) is 0 Å². The van der Waals surface area contributed by atoms with Gasteiger partial charge in [-0.3, -0.25) is 9.59 Å². The summed E-state index contributed by atoms with van der Waals surface area (Å²) in [7, 11) is 0. The molecule has 0 atom stereocenters. The molecule has 3 rings (SSSR count). The predicted octanol–water partition coefficient (Wildman–Crippen LogP) is 3.01. The molecular formula is C16H15NO2. The minimum absolute atomic E-state index is 0.133. The van der Waals surface area contributed by atoms with Gasteiger partial charge in [0.25, 0.3) is 5.91 Å². The van der Waals surface area contributed by atoms with Gasteiger partial charge in [-0.15, -0.1) is 0 Å². The van der Waals surface area contributed by atoms with Gasteiger partial charge < -0.3 is 0 Å². The number of hydrogen-bond acceptors (Lipinski definition) is 2. The van der Waals surface area contributed by atoms with Crippen molar-refractivity contribution in [3.63, 3.8) is 0 Å². The van der Waals surface area contributed by atoms with Crippen molar-refractivity contribution in [2.24, 2.45) is 0 Å². The highest BCUT2D eigenvalue weighted by atomic mass is 16.2. The molecule has 0 aromatic heterocycles. The Kier molecular flexibility index (Phi) is 4.08. The van der Waals surface area contributed by atoms with E-state index in [4.69, 9.17) is 0 Å². The molecule has 0 spiro atoms. The van der Waals surface area contributed by atoms with E-state index in [2.05, 4.69) is 30.9 Å². The lowest BCUT2D eigenvalue weighted by Gasteiger charge is -2.12. The van der Waals surface area contributed by atoms with Gasteiger partial charge in [0.15, 0.2) is 0 Å². The Morgan fingerprint density at radius 2 is 1.63 bits per heavy atom. The molecule has 1 fully saturated rings. The summed E-state index contributed by atoms with van der Waals surface area (Å²) in [5.41, 5.74) is 0.972. The van der Waals surface area contributed by atoms with Crippen LogP contribution in [0, 0.1) is 0 Å². The third kappa shape index (κ3) is 3.07. The third-order valence-electron chi connectivity index (χ3n) is 2.79. The molecule has 1 heterocycles. The number of nitrogens with zero attached hydrogens (tertiary/aromatic N) is 1. The van der Waals surface area contributed by atoms with Crippen LogP contribution in [0.2, 0.25) is 0 Å². The lowest BCUT2D eigenvalue weighted by Crippen LogP contribution is -2.28. The fraction of sp³-hybridized carbons (Fsp3) is 0.125. The summed E-state index contributed by atoms with van der Waals surface area (Å²) in [5.74, 6) is -0.493. The number of imide groups is 1. The average Bonchev–Trinajstić information content (AvgIpc) is 3.05. The summed E-state index contributed by atoms with van der Waals surface area (Å²) >= 11 is 0. The number of carbonyl (C=O) groups is 2. The molecular weight excluding hydrogens is 238 g/mol. The summed E-state index contributed by atoms with van der Waals surface area (Å²) in [6, 6.07) is 8.88. The Morgan fingerprint density at radius 1 is 1.00 bits per heavy atom. The Hall–Kier alpha value is -2.42. The number of para-hydroxylation sites is 1. The molecule has 19 heavy (non-hydrogen) atoms. The Labute approximate surface area is 112 Å². The SMILES string of the molecule is C1=CCC=C1.C=C1CC(=O)N(c2ccccc2)C1=O. The Morgan fingerprint density at radius 3 is 2.05 bits per heavy atom. The van der Waals surface area contributed by atoms with Gasteiger partial charge >= 0.3 is 0 Å². The Balaban J connectivity index is 0.000000224. The fourth-order valence-corrected chi connectivity index (χ4v) is 1.84. The first kappa shape index (κ1) is 13.0. The van der Waals surface area contributed by atoms with Crippen molar-refractivity contribution in [3.05, 3.63) is 66.8 Å². The van der Waals surface area contributed by atoms with Gasteiger partial charge in [0.2, 0.25) is 5.91 Å². The van der Waals surface area contributed by atoms with Crippen molar-refractivity contribution >= 4 is 17.5 Å². The highest BCUT2D eigenvalue weighted by Crippen LogP contribution is 2.24. The topological polar surface area (TPSA) is 37.4 Å². The van der Waals surface area contributed by atoms with Gasteiger partial charge in [-0.25, -0.2) is 4.90 Å². The quantitative estimate of drug-likeness (QED) is 0.570. The third-order valence-corrected chi connectivity index (χ3v) is 2.79.